The minimum Gasteiger partial charge on any atom is -0.466 e. The summed E-state index contributed by atoms with van der Waals surface area (Å²) < 4.78 is 5.61. The molecule has 0 radical (unpaired) electrons. The Labute approximate surface area is 119 Å². The standard InChI is InChI=1S/C16H21NOS/c1-5-19-16-9-7-6-8-15(16)17-12(3)14-10-11(2)18-13(14)4/h6-10,12,17H,5H2,1-4H3. The van der Waals surface area contributed by atoms with Crippen molar-refractivity contribution in [2.75, 3.05) is 11.1 Å². The molecule has 19 heavy (non-hydrogen) atoms. The van der Waals surface area contributed by atoms with Crippen molar-refractivity contribution < 1.29 is 4.42 Å². The van der Waals surface area contributed by atoms with E-state index in [1.807, 2.05) is 25.6 Å². The van der Waals surface area contributed by atoms with Crippen molar-refractivity contribution in [3.63, 3.8) is 0 Å². The van der Waals surface area contributed by atoms with Gasteiger partial charge in [0.1, 0.15) is 11.5 Å². The molecule has 0 bridgehead atoms. The molecule has 1 atom stereocenters. The van der Waals surface area contributed by atoms with Crippen LogP contribution < -0.4 is 5.32 Å². The highest BCUT2D eigenvalue weighted by molar-refractivity contribution is 7.99. The third-order valence-electron chi connectivity index (χ3n) is 3.10. The lowest BCUT2D eigenvalue weighted by atomic mass is 10.1. The molecular weight excluding hydrogens is 254 g/mol. The van der Waals surface area contributed by atoms with Crippen LogP contribution >= 0.6 is 11.8 Å². The minimum atomic E-state index is 0.246. The SMILES string of the molecule is CCSc1ccccc1NC(C)c1cc(C)oc1C. The predicted octanol–water partition coefficient (Wildman–Crippen LogP) is 5.18. The number of furan rings is 1. The topological polar surface area (TPSA) is 25.2 Å². The second-order valence-corrected chi connectivity index (χ2v) is 5.97. The first-order valence-electron chi connectivity index (χ1n) is 6.67. The second kappa shape index (κ2) is 6.20. The molecule has 0 amide bonds. The molecule has 0 aliphatic rings. The van der Waals surface area contributed by atoms with Gasteiger partial charge in [-0.25, -0.2) is 0 Å². The smallest absolute Gasteiger partial charge is 0.106 e. The summed E-state index contributed by atoms with van der Waals surface area (Å²) in [5, 5.41) is 3.58. The van der Waals surface area contributed by atoms with Gasteiger partial charge in [0, 0.05) is 16.1 Å². The Morgan fingerprint density at radius 1 is 1.26 bits per heavy atom. The molecule has 0 aliphatic heterocycles. The first kappa shape index (κ1) is 14.1. The van der Waals surface area contributed by atoms with Crippen LogP contribution in [-0.2, 0) is 0 Å². The van der Waals surface area contributed by atoms with Gasteiger partial charge in [-0.3, -0.25) is 0 Å². The Kier molecular flexibility index (Phi) is 4.59. The number of thioether (sulfide) groups is 1. The van der Waals surface area contributed by atoms with Gasteiger partial charge < -0.3 is 9.73 Å². The fraction of sp³-hybridized carbons (Fsp3) is 0.375. The van der Waals surface area contributed by atoms with Crippen molar-refractivity contribution >= 4 is 17.4 Å². The van der Waals surface area contributed by atoms with Gasteiger partial charge in [-0.1, -0.05) is 19.1 Å². The number of aryl methyl sites for hydroxylation is 2. The van der Waals surface area contributed by atoms with Crippen LogP contribution in [0, 0.1) is 13.8 Å². The lowest BCUT2D eigenvalue weighted by Crippen LogP contribution is -2.07. The summed E-state index contributed by atoms with van der Waals surface area (Å²) in [4.78, 5) is 1.30. The number of rotatable bonds is 5. The van der Waals surface area contributed by atoms with Crippen LogP contribution in [0.15, 0.2) is 39.6 Å². The Bertz CT molecular complexity index is 547. The molecular formula is C16H21NOS. The number of hydrogen-bond donors (Lipinski definition) is 1. The van der Waals surface area contributed by atoms with Gasteiger partial charge in [-0.2, -0.15) is 0 Å². The summed E-state index contributed by atoms with van der Waals surface area (Å²) >= 11 is 1.86. The maximum atomic E-state index is 5.61. The lowest BCUT2D eigenvalue weighted by Gasteiger charge is -2.17. The van der Waals surface area contributed by atoms with Crippen molar-refractivity contribution in [3.05, 3.63) is 47.4 Å². The first-order chi connectivity index (χ1) is 9.11. The van der Waals surface area contributed by atoms with Crippen molar-refractivity contribution in [3.8, 4) is 0 Å². The summed E-state index contributed by atoms with van der Waals surface area (Å²) in [6.07, 6.45) is 0. The fourth-order valence-corrected chi connectivity index (χ4v) is 3.03. The van der Waals surface area contributed by atoms with Gasteiger partial charge in [0.15, 0.2) is 0 Å². The zero-order valence-corrected chi connectivity index (χ0v) is 12.8. The van der Waals surface area contributed by atoms with E-state index in [2.05, 4.69) is 49.5 Å². The molecule has 1 unspecified atom stereocenters. The van der Waals surface area contributed by atoms with E-state index in [1.165, 1.54) is 16.1 Å². The molecule has 0 fully saturated rings. The number of para-hydroxylation sites is 1. The van der Waals surface area contributed by atoms with Crippen LogP contribution in [0.4, 0.5) is 5.69 Å². The first-order valence-corrected chi connectivity index (χ1v) is 7.65. The van der Waals surface area contributed by atoms with Gasteiger partial charge in [-0.15, -0.1) is 11.8 Å². The van der Waals surface area contributed by atoms with Crippen LogP contribution in [0.2, 0.25) is 0 Å². The van der Waals surface area contributed by atoms with E-state index in [4.69, 9.17) is 4.42 Å². The number of anilines is 1. The largest absolute Gasteiger partial charge is 0.466 e. The molecule has 0 saturated carbocycles. The predicted molar refractivity (Wildman–Crippen MR) is 83.1 cm³/mol. The van der Waals surface area contributed by atoms with Crippen molar-refractivity contribution in [2.24, 2.45) is 0 Å². The van der Waals surface area contributed by atoms with Crippen LogP contribution in [0.3, 0.4) is 0 Å². The molecule has 0 aliphatic carbocycles. The van der Waals surface area contributed by atoms with E-state index >= 15 is 0 Å². The molecule has 1 aromatic heterocycles. The molecule has 0 spiro atoms. The number of hydrogen-bond acceptors (Lipinski definition) is 3. The normalized spacial score (nSPS) is 12.4. The van der Waals surface area contributed by atoms with E-state index in [1.54, 1.807) is 0 Å². The van der Waals surface area contributed by atoms with Gasteiger partial charge in [-0.05, 0) is 44.7 Å². The van der Waals surface area contributed by atoms with E-state index < -0.39 is 0 Å². The van der Waals surface area contributed by atoms with Crippen LogP contribution in [0.5, 0.6) is 0 Å². The van der Waals surface area contributed by atoms with Crippen molar-refractivity contribution in [2.45, 2.75) is 38.6 Å². The van der Waals surface area contributed by atoms with Crippen LogP contribution in [-0.4, -0.2) is 5.75 Å². The number of nitrogens with one attached hydrogen (secondary N) is 1. The summed E-state index contributed by atoms with van der Waals surface area (Å²) in [5.74, 6) is 3.05. The maximum absolute atomic E-state index is 5.61. The summed E-state index contributed by atoms with van der Waals surface area (Å²) in [7, 11) is 0. The summed E-state index contributed by atoms with van der Waals surface area (Å²) in [6, 6.07) is 10.8. The molecule has 102 valence electrons. The third-order valence-corrected chi connectivity index (χ3v) is 4.06. The average molecular weight is 275 g/mol. The maximum Gasteiger partial charge on any atom is 0.106 e. The quantitative estimate of drug-likeness (QED) is 0.761. The molecule has 2 rings (SSSR count). The second-order valence-electron chi connectivity index (χ2n) is 4.66. The fourth-order valence-electron chi connectivity index (χ4n) is 2.26. The van der Waals surface area contributed by atoms with E-state index in [0.29, 0.717) is 0 Å². The third kappa shape index (κ3) is 3.35. The highest BCUT2D eigenvalue weighted by Gasteiger charge is 2.13. The van der Waals surface area contributed by atoms with Crippen LogP contribution in [0.25, 0.3) is 0 Å². The zero-order valence-electron chi connectivity index (χ0n) is 12.0. The molecule has 0 saturated heterocycles. The van der Waals surface area contributed by atoms with Crippen molar-refractivity contribution in [1.29, 1.82) is 0 Å². The molecule has 2 nitrogen and oxygen atoms in total. The van der Waals surface area contributed by atoms with Crippen molar-refractivity contribution in [1.82, 2.24) is 0 Å². The molecule has 2 aromatic rings. The van der Waals surface area contributed by atoms with Crippen LogP contribution in [0.1, 0.15) is 37.0 Å². The Morgan fingerprint density at radius 2 is 2.00 bits per heavy atom. The van der Waals surface area contributed by atoms with Gasteiger partial charge in [0.25, 0.3) is 0 Å². The molecule has 1 aromatic carbocycles. The molecule has 3 heteroatoms. The Hall–Kier alpha value is -1.35. The molecule has 1 heterocycles. The Balaban J connectivity index is 2.19. The van der Waals surface area contributed by atoms with E-state index in [-0.39, 0.29) is 6.04 Å². The van der Waals surface area contributed by atoms with Gasteiger partial charge in [0.05, 0.1) is 6.04 Å². The Morgan fingerprint density at radius 3 is 2.63 bits per heavy atom. The van der Waals surface area contributed by atoms with E-state index in [9.17, 15) is 0 Å². The van der Waals surface area contributed by atoms with Gasteiger partial charge in [0.2, 0.25) is 0 Å². The summed E-state index contributed by atoms with van der Waals surface area (Å²) in [6.45, 7) is 8.36. The zero-order chi connectivity index (χ0) is 13.8. The highest BCUT2D eigenvalue weighted by Crippen LogP contribution is 2.31. The lowest BCUT2D eigenvalue weighted by molar-refractivity contribution is 0.500. The summed E-state index contributed by atoms with van der Waals surface area (Å²) in [5.41, 5.74) is 2.42. The highest BCUT2D eigenvalue weighted by atomic mass is 32.2. The molecule has 1 N–H and O–H groups in total. The number of benzene rings is 1. The van der Waals surface area contributed by atoms with Gasteiger partial charge >= 0.3 is 0 Å². The minimum absolute atomic E-state index is 0.246. The average Bonchev–Trinajstić information content (AvgIpc) is 2.71. The van der Waals surface area contributed by atoms with E-state index in [0.717, 1.165) is 17.3 Å². The monoisotopic (exact) mass is 275 g/mol.